The summed E-state index contributed by atoms with van der Waals surface area (Å²) < 4.78 is 0. The molecule has 0 radical (unpaired) electrons. The molecule has 0 heterocycles. The second-order valence-electron chi connectivity index (χ2n) is 15.5. The fourth-order valence-electron chi connectivity index (χ4n) is 10.5. The molecule has 0 saturated heterocycles. The zero-order valence-corrected chi connectivity index (χ0v) is 30.5. The number of hydrogen-bond acceptors (Lipinski definition) is 0. The SMILES string of the molecule is c1ccc(-c2c3c(c(-c4ccccc4)c4cc(-c5ccc6c7cccc8cccc(c9cccc5c96)c87)ccc24)-c2cc4ccccc4c4cccc-3c24)cc1. The summed E-state index contributed by atoms with van der Waals surface area (Å²) in [5.74, 6) is 0. The Morgan fingerprint density at radius 2 is 0.714 bits per heavy atom. The summed E-state index contributed by atoms with van der Waals surface area (Å²) >= 11 is 0. The monoisotopic (exact) mass is 704 g/mol. The van der Waals surface area contributed by atoms with E-state index in [0.717, 1.165) is 0 Å². The van der Waals surface area contributed by atoms with Crippen molar-refractivity contribution in [3.05, 3.63) is 194 Å². The van der Waals surface area contributed by atoms with E-state index in [1.807, 2.05) is 0 Å². The van der Waals surface area contributed by atoms with Crippen LogP contribution >= 0.6 is 0 Å². The minimum absolute atomic E-state index is 1.23. The van der Waals surface area contributed by atoms with Crippen LogP contribution in [0.1, 0.15) is 0 Å². The number of benzene rings is 12. The summed E-state index contributed by atoms with van der Waals surface area (Å²) in [7, 11) is 0. The van der Waals surface area contributed by atoms with Crippen LogP contribution in [0.15, 0.2) is 194 Å². The highest BCUT2D eigenvalue weighted by atomic mass is 14.3. The second-order valence-corrected chi connectivity index (χ2v) is 15.5. The van der Waals surface area contributed by atoms with Gasteiger partial charge in [-0.3, -0.25) is 0 Å². The summed E-state index contributed by atoms with van der Waals surface area (Å²) in [5, 5.41) is 18.3. The van der Waals surface area contributed by atoms with Gasteiger partial charge in [0, 0.05) is 0 Å². The van der Waals surface area contributed by atoms with Gasteiger partial charge in [0.25, 0.3) is 0 Å². The van der Waals surface area contributed by atoms with Crippen LogP contribution in [0.3, 0.4) is 0 Å². The molecule has 0 saturated carbocycles. The predicted octanol–water partition coefficient (Wildman–Crippen LogP) is 15.8. The average Bonchev–Trinajstić information content (AvgIpc) is 3.58. The Balaban J connectivity index is 1.19. The zero-order chi connectivity index (χ0) is 36.5. The third kappa shape index (κ3) is 3.93. The average molecular weight is 705 g/mol. The third-order valence-corrected chi connectivity index (χ3v) is 12.7. The van der Waals surface area contributed by atoms with Gasteiger partial charge in [0.2, 0.25) is 0 Å². The van der Waals surface area contributed by atoms with Crippen molar-refractivity contribution < 1.29 is 0 Å². The lowest BCUT2D eigenvalue weighted by Crippen LogP contribution is -1.94. The van der Waals surface area contributed by atoms with E-state index in [1.165, 1.54) is 131 Å². The van der Waals surface area contributed by atoms with Gasteiger partial charge in [0.1, 0.15) is 0 Å². The van der Waals surface area contributed by atoms with Gasteiger partial charge in [-0.05, 0) is 143 Å². The Morgan fingerprint density at radius 3 is 1.46 bits per heavy atom. The van der Waals surface area contributed by atoms with Crippen LogP contribution in [0.5, 0.6) is 0 Å². The normalized spacial score (nSPS) is 12.3. The van der Waals surface area contributed by atoms with Gasteiger partial charge in [-0.2, -0.15) is 0 Å². The van der Waals surface area contributed by atoms with Crippen molar-refractivity contribution in [2.24, 2.45) is 0 Å². The van der Waals surface area contributed by atoms with Gasteiger partial charge in [-0.1, -0.05) is 182 Å². The lowest BCUT2D eigenvalue weighted by Gasteiger charge is -2.22. The first-order chi connectivity index (χ1) is 27.8. The van der Waals surface area contributed by atoms with Crippen molar-refractivity contribution in [1.82, 2.24) is 0 Å². The van der Waals surface area contributed by atoms with Crippen molar-refractivity contribution in [2.75, 3.05) is 0 Å². The third-order valence-electron chi connectivity index (χ3n) is 12.7. The Bertz CT molecular complexity index is 3560. The molecule has 0 aliphatic heterocycles. The highest BCUT2D eigenvalue weighted by Crippen LogP contribution is 2.59. The summed E-state index contributed by atoms with van der Waals surface area (Å²) in [6, 6.07) is 72.8. The highest BCUT2D eigenvalue weighted by Gasteiger charge is 2.31. The van der Waals surface area contributed by atoms with Crippen LogP contribution < -0.4 is 0 Å². The number of rotatable bonds is 3. The molecule has 12 aromatic carbocycles. The van der Waals surface area contributed by atoms with Gasteiger partial charge >= 0.3 is 0 Å². The quantitative estimate of drug-likeness (QED) is 0.127. The van der Waals surface area contributed by atoms with Crippen LogP contribution in [0.4, 0.5) is 0 Å². The largest absolute Gasteiger partial charge is 0.0622 e. The van der Waals surface area contributed by atoms with E-state index in [1.54, 1.807) is 0 Å². The van der Waals surface area contributed by atoms with Crippen LogP contribution in [0, 0.1) is 0 Å². The van der Waals surface area contributed by atoms with Crippen molar-refractivity contribution in [3.63, 3.8) is 0 Å². The lowest BCUT2D eigenvalue weighted by atomic mass is 9.81. The first-order valence-corrected chi connectivity index (χ1v) is 19.6. The van der Waals surface area contributed by atoms with E-state index < -0.39 is 0 Å². The van der Waals surface area contributed by atoms with Crippen molar-refractivity contribution in [1.29, 1.82) is 0 Å². The molecule has 0 N–H and O–H groups in total. The fourth-order valence-corrected chi connectivity index (χ4v) is 10.5. The number of hydrogen-bond donors (Lipinski definition) is 0. The molecule has 56 heavy (non-hydrogen) atoms. The standard InChI is InChI=1S/C56H32/c1-3-13-34(14-4-1)51-46-28-27-37(39-29-30-45-43-22-10-19-33-18-9-21-42(50(33)43)44-25-11-23-41(39)53(44)45)31-48(46)52(35-15-5-2-6-16-35)56-49-32-36-17-7-8-20-38(36)40-24-12-26-47(54(40)49)55(51)56/h1-32H. The van der Waals surface area contributed by atoms with Crippen molar-refractivity contribution in [3.8, 4) is 55.6 Å². The minimum Gasteiger partial charge on any atom is -0.0622 e. The maximum atomic E-state index is 2.49. The molecule has 0 atom stereocenters. The van der Waals surface area contributed by atoms with E-state index >= 15 is 0 Å². The molecule has 0 unspecified atom stereocenters. The Labute approximate surface area is 323 Å². The minimum atomic E-state index is 1.23. The molecule has 0 bridgehead atoms. The molecule has 0 fully saturated rings. The van der Waals surface area contributed by atoms with Crippen LogP contribution in [-0.2, 0) is 0 Å². The van der Waals surface area contributed by atoms with E-state index in [2.05, 4.69) is 194 Å². The van der Waals surface area contributed by atoms with Crippen molar-refractivity contribution >= 4 is 75.4 Å². The molecule has 1 aliphatic rings. The maximum Gasteiger partial charge on any atom is -0.000719 e. The van der Waals surface area contributed by atoms with Gasteiger partial charge in [-0.15, -0.1) is 0 Å². The molecule has 0 aromatic heterocycles. The maximum absolute atomic E-state index is 2.49. The summed E-state index contributed by atoms with van der Waals surface area (Å²) in [6.07, 6.45) is 0. The molecule has 256 valence electrons. The smallest absolute Gasteiger partial charge is 0.000719 e. The highest BCUT2D eigenvalue weighted by molar-refractivity contribution is 6.35. The van der Waals surface area contributed by atoms with Gasteiger partial charge in [0.15, 0.2) is 0 Å². The Hall–Kier alpha value is -7.28. The van der Waals surface area contributed by atoms with Gasteiger partial charge < -0.3 is 0 Å². The Morgan fingerprint density at radius 1 is 0.196 bits per heavy atom. The second kappa shape index (κ2) is 11.1. The lowest BCUT2D eigenvalue weighted by molar-refractivity contribution is 1.62. The first-order valence-electron chi connectivity index (χ1n) is 19.6. The van der Waals surface area contributed by atoms with E-state index in [-0.39, 0.29) is 0 Å². The molecule has 13 rings (SSSR count). The van der Waals surface area contributed by atoms with E-state index in [9.17, 15) is 0 Å². The molecule has 0 amide bonds. The summed E-state index contributed by atoms with van der Waals surface area (Å²) in [5.41, 5.74) is 12.9. The van der Waals surface area contributed by atoms with E-state index in [4.69, 9.17) is 0 Å². The Kier molecular flexibility index (Phi) is 5.98. The van der Waals surface area contributed by atoms with Crippen molar-refractivity contribution in [2.45, 2.75) is 0 Å². The molecule has 1 aliphatic carbocycles. The number of fused-ring (bicyclic) bond motifs is 8. The van der Waals surface area contributed by atoms with Gasteiger partial charge in [-0.25, -0.2) is 0 Å². The van der Waals surface area contributed by atoms with Crippen LogP contribution in [0.25, 0.3) is 131 Å². The van der Waals surface area contributed by atoms with Crippen LogP contribution in [0.2, 0.25) is 0 Å². The topological polar surface area (TPSA) is 0 Å². The molecule has 0 nitrogen and oxygen atoms in total. The fraction of sp³-hybridized carbons (Fsp3) is 0. The van der Waals surface area contributed by atoms with Gasteiger partial charge in [0.05, 0.1) is 0 Å². The first kappa shape index (κ1) is 30.1. The van der Waals surface area contributed by atoms with E-state index in [0.29, 0.717) is 0 Å². The molecular formula is C56H32. The predicted molar refractivity (Wildman–Crippen MR) is 241 cm³/mol. The molecule has 0 spiro atoms. The molecule has 0 heteroatoms. The summed E-state index contributed by atoms with van der Waals surface area (Å²) in [4.78, 5) is 0. The zero-order valence-electron chi connectivity index (χ0n) is 30.5. The van der Waals surface area contributed by atoms with Crippen LogP contribution in [-0.4, -0.2) is 0 Å². The molecule has 12 aromatic rings. The summed E-state index contributed by atoms with van der Waals surface area (Å²) in [6.45, 7) is 0. The molecular weight excluding hydrogens is 673 g/mol.